The summed E-state index contributed by atoms with van der Waals surface area (Å²) in [6, 6.07) is 8.95. The van der Waals surface area contributed by atoms with Gasteiger partial charge in [0, 0.05) is 42.5 Å². The standard InChI is InChI=1S/C19H28N2O2S/c1-2-6-18-16(4-1)17(5-3-10-23-18)20-14-19(7-13-24-15-19)21-8-11-22-12-9-21/h1-2,4,6,17,20H,3,5,7-15H2. The molecule has 5 heteroatoms. The van der Waals surface area contributed by atoms with E-state index in [2.05, 4.69) is 46.2 Å². The number of morpholine rings is 1. The van der Waals surface area contributed by atoms with Gasteiger partial charge in [0.15, 0.2) is 0 Å². The Hall–Kier alpha value is -0.750. The Labute approximate surface area is 149 Å². The van der Waals surface area contributed by atoms with Crippen molar-refractivity contribution in [1.29, 1.82) is 0 Å². The van der Waals surface area contributed by atoms with E-state index in [1.54, 1.807) is 0 Å². The molecule has 4 rings (SSSR count). The highest BCUT2D eigenvalue weighted by atomic mass is 32.2. The summed E-state index contributed by atoms with van der Waals surface area (Å²) in [7, 11) is 0. The summed E-state index contributed by atoms with van der Waals surface area (Å²) in [6.07, 6.45) is 3.56. The lowest BCUT2D eigenvalue weighted by molar-refractivity contribution is -0.0141. The van der Waals surface area contributed by atoms with E-state index < -0.39 is 0 Å². The van der Waals surface area contributed by atoms with Crippen LogP contribution in [0.5, 0.6) is 5.75 Å². The summed E-state index contributed by atoms with van der Waals surface area (Å²) in [4.78, 5) is 2.68. The van der Waals surface area contributed by atoms with Crippen LogP contribution in [0, 0.1) is 0 Å². The van der Waals surface area contributed by atoms with Gasteiger partial charge in [-0.3, -0.25) is 4.90 Å². The number of fused-ring (bicyclic) bond motifs is 1. The van der Waals surface area contributed by atoms with E-state index in [0.717, 1.165) is 58.0 Å². The van der Waals surface area contributed by atoms with E-state index in [9.17, 15) is 0 Å². The highest BCUT2D eigenvalue weighted by molar-refractivity contribution is 7.99. The number of hydrogen-bond acceptors (Lipinski definition) is 5. The number of nitrogens with one attached hydrogen (secondary N) is 1. The third-order valence-electron chi connectivity index (χ3n) is 5.63. The first kappa shape index (κ1) is 16.7. The van der Waals surface area contributed by atoms with Crippen LogP contribution in [0.15, 0.2) is 24.3 Å². The van der Waals surface area contributed by atoms with Gasteiger partial charge in [-0.1, -0.05) is 18.2 Å². The number of hydrogen-bond donors (Lipinski definition) is 1. The van der Waals surface area contributed by atoms with E-state index in [0.29, 0.717) is 11.6 Å². The average Bonchev–Trinajstić information content (AvgIpc) is 3.03. The molecule has 2 fully saturated rings. The predicted molar refractivity (Wildman–Crippen MR) is 99.0 cm³/mol. The van der Waals surface area contributed by atoms with E-state index in [1.807, 2.05) is 0 Å². The van der Waals surface area contributed by atoms with Crippen molar-refractivity contribution in [3.05, 3.63) is 29.8 Å². The fourth-order valence-electron chi connectivity index (χ4n) is 4.18. The van der Waals surface area contributed by atoms with Gasteiger partial charge in [0.2, 0.25) is 0 Å². The van der Waals surface area contributed by atoms with Crippen molar-refractivity contribution < 1.29 is 9.47 Å². The Balaban J connectivity index is 1.48. The molecule has 132 valence electrons. The van der Waals surface area contributed by atoms with Crippen LogP contribution in [0.3, 0.4) is 0 Å². The number of thioether (sulfide) groups is 1. The molecule has 4 nitrogen and oxygen atoms in total. The summed E-state index contributed by atoms with van der Waals surface area (Å²) in [6.45, 7) is 5.82. The monoisotopic (exact) mass is 348 g/mol. The van der Waals surface area contributed by atoms with E-state index in [-0.39, 0.29) is 0 Å². The Kier molecular flexibility index (Phi) is 5.32. The molecule has 2 unspecified atom stereocenters. The van der Waals surface area contributed by atoms with Crippen LogP contribution in [0.2, 0.25) is 0 Å². The van der Waals surface area contributed by atoms with E-state index in [1.165, 1.54) is 23.5 Å². The molecule has 24 heavy (non-hydrogen) atoms. The second kappa shape index (κ2) is 7.65. The summed E-state index contributed by atoms with van der Waals surface area (Å²) in [5, 5.41) is 3.92. The van der Waals surface area contributed by atoms with Gasteiger partial charge in [0.1, 0.15) is 5.75 Å². The van der Waals surface area contributed by atoms with Crippen molar-refractivity contribution in [3.8, 4) is 5.75 Å². The molecular formula is C19H28N2O2S. The fourth-order valence-corrected chi connectivity index (χ4v) is 5.66. The van der Waals surface area contributed by atoms with Gasteiger partial charge in [0.25, 0.3) is 0 Å². The van der Waals surface area contributed by atoms with Crippen LogP contribution in [0.4, 0.5) is 0 Å². The first-order valence-corrected chi connectivity index (χ1v) is 10.4. The second-order valence-corrected chi connectivity index (χ2v) is 8.19. The quantitative estimate of drug-likeness (QED) is 0.905. The highest BCUT2D eigenvalue weighted by Gasteiger charge is 2.41. The summed E-state index contributed by atoms with van der Waals surface area (Å²) < 4.78 is 11.5. The maximum Gasteiger partial charge on any atom is 0.124 e. The minimum absolute atomic E-state index is 0.302. The first-order chi connectivity index (χ1) is 11.9. The molecule has 3 aliphatic rings. The Bertz CT molecular complexity index is 542. The number of rotatable bonds is 4. The molecule has 0 spiro atoms. The Morgan fingerprint density at radius 2 is 2.08 bits per heavy atom. The maximum absolute atomic E-state index is 5.92. The first-order valence-electron chi connectivity index (χ1n) is 9.23. The minimum atomic E-state index is 0.302. The normalized spacial score (nSPS) is 31.2. The van der Waals surface area contributed by atoms with Crippen LogP contribution in [-0.4, -0.2) is 61.4 Å². The van der Waals surface area contributed by atoms with Gasteiger partial charge in [-0.25, -0.2) is 0 Å². The number of benzene rings is 1. The van der Waals surface area contributed by atoms with Gasteiger partial charge >= 0.3 is 0 Å². The number of ether oxygens (including phenoxy) is 2. The molecule has 0 amide bonds. The average molecular weight is 349 g/mol. The van der Waals surface area contributed by atoms with E-state index >= 15 is 0 Å². The number of nitrogens with zero attached hydrogens (tertiary/aromatic N) is 1. The van der Waals surface area contributed by atoms with Crippen molar-refractivity contribution in [2.24, 2.45) is 0 Å². The zero-order valence-corrected chi connectivity index (χ0v) is 15.2. The molecule has 0 saturated carbocycles. The molecule has 0 radical (unpaired) electrons. The SMILES string of the molecule is c1ccc2c(c1)OCCCC2NCC1(N2CCOCC2)CCSC1. The molecule has 1 N–H and O–H groups in total. The third kappa shape index (κ3) is 3.45. The predicted octanol–water partition coefficient (Wildman–Crippen LogP) is 2.70. The molecule has 2 saturated heterocycles. The minimum Gasteiger partial charge on any atom is -0.493 e. The largest absolute Gasteiger partial charge is 0.493 e. The zero-order chi connectivity index (χ0) is 16.2. The molecule has 3 aliphatic heterocycles. The molecule has 1 aromatic rings. The lowest BCUT2D eigenvalue weighted by Crippen LogP contribution is -2.58. The Morgan fingerprint density at radius 1 is 1.21 bits per heavy atom. The van der Waals surface area contributed by atoms with Crippen LogP contribution in [0.1, 0.15) is 30.9 Å². The topological polar surface area (TPSA) is 33.7 Å². The van der Waals surface area contributed by atoms with Crippen LogP contribution in [0.25, 0.3) is 0 Å². The second-order valence-electron chi connectivity index (χ2n) is 7.09. The molecule has 3 heterocycles. The smallest absolute Gasteiger partial charge is 0.124 e. The van der Waals surface area contributed by atoms with Gasteiger partial charge < -0.3 is 14.8 Å². The van der Waals surface area contributed by atoms with Crippen molar-refractivity contribution >= 4 is 11.8 Å². The summed E-state index contributed by atoms with van der Waals surface area (Å²) in [5.74, 6) is 3.59. The fraction of sp³-hybridized carbons (Fsp3) is 0.684. The Morgan fingerprint density at radius 3 is 2.92 bits per heavy atom. The molecule has 0 bridgehead atoms. The highest BCUT2D eigenvalue weighted by Crippen LogP contribution is 2.36. The molecule has 0 aromatic heterocycles. The number of para-hydroxylation sites is 1. The van der Waals surface area contributed by atoms with Crippen LogP contribution >= 0.6 is 11.8 Å². The maximum atomic E-state index is 5.92. The van der Waals surface area contributed by atoms with Crippen molar-refractivity contribution in [2.75, 3.05) is 51.0 Å². The van der Waals surface area contributed by atoms with Crippen LogP contribution in [-0.2, 0) is 4.74 Å². The summed E-state index contributed by atoms with van der Waals surface area (Å²) >= 11 is 2.10. The van der Waals surface area contributed by atoms with Gasteiger partial charge in [-0.15, -0.1) is 0 Å². The summed E-state index contributed by atoms with van der Waals surface area (Å²) in [5.41, 5.74) is 1.63. The molecular weight excluding hydrogens is 320 g/mol. The van der Waals surface area contributed by atoms with Gasteiger partial charge in [-0.2, -0.15) is 11.8 Å². The van der Waals surface area contributed by atoms with E-state index in [4.69, 9.17) is 9.47 Å². The van der Waals surface area contributed by atoms with Crippen LogP contribution < -0.4 is 10.1 Å². The molecule has 1 aromatic carbocycles. The van der Waals surface area contributed by atoms with Crippen molar-refractivity contribution in [2.45, 2.75) is 30.8 Å². The third-order valence-corrected chi connectivity index (χ3v) is 6.87. The lowest BCUT2D eigenvalue weighted by atomic mass is 9.93. The van der Waals surface area contributed by atoms with Crippen molar-refractivity contribution in [3.63, 3.8) is 0 Å². The van der Waals surface area contributed by atoms with Crippen molar-refractivity contribution in [1.82, 2.24) is 10.2 Å². The molecule has 2 atom stereocenters. The van der Waals surface area contributed by atoms with Gasteiger partial charge in [0.05, 0.1) is 19.8 Å². The zero-order valence-electron chi connectivity index (χ0n) is 14.3. The lowest BCUT2D eigenvalue weighted by Gasteiger charge is -2.43. The van der Waals surface area contributed by atoms with Gasteiger partial charge in [-0.05, 0) is 31.1 Å². The molecule has 0 aliphatic carbocycles.